The maximum absolute atomic E-state index is 12.7. The fraction of sp³-hybridized carbons (Fsp3) is 0.367. The van der Waals surface area contributed by atoms with Crippen LogP contribution in [0.2, 0.25) is 0 Å². The number of amides is 3. The standard InChI is InChI=1S/C30H37N3O5/c1-5-31-29(36)33(21-23-14-17-24-11-7-8-12-25(24)20-23)32-27(34)13-9-10-22-15-18-26(19-16-22)38-30(3,4)28(35)37-6-2/h7-8,11-12,14-20H,5-6,9-10,13,21H2,1-4H3,(H,31,36)(H,32,34). The molecule has 202 valence electrons. The Bertz CT molecular complexity index is 1240. The Morgan fingerprint density at radius 2 is 1.58 bits per heavy atom. The van der Waals surface area contributed by atoms with Gasteiger partial charge < -0.3 is 14.8 Å². The number of fused-ring (bicyclic) bond motifs is 1. The van der Waals surface area contributed by atoms with E-state index in [2.05, 4.69) is 10.7 Å². The summed E-state index contributed by atoms with van der Waals surface area (Å²) in [5.74, 6) is -0.0821. The monoisotopic (exact) mass is 519 g/mol. The van der Waals surface area contributed by atoms with E-state index in [1.165, 1.54) is 5.01 Å². The fourth-order valence-electron chi connectivity index (χ4n) is 3.95. The molecule has 2 N–H and O–H groups in total. The summed E-state index contributed by atoms with van der Waals surface area (Å²) in [4.78, 5) is 37.3. The molecule has 8 nitrogen and oxygen atoms in total. The molecule has 0 saturated carbocycles. The topological polar surface area (TPSA) is 97.0 Å². The van der Waals surface area contributed by atoms with Crippen molar-refractivity contribution < 1.29 is 23.9 Å². The van der Waals surface area contributed by atoms with Gasteiger partial charge in [0.25, 0.3) is 0 Å². The van der Waals surface area contributed by atoms with Crippen LogP contribution in [-0.4, -0.2) is 41.7 Å². The SMILES string of the molecule is CCNC(=O)N(Cc1ccc2ccccc2c1)NC(=O)CCCc1ccc(OC(C)(C)C(=O)OCC)cc1. The second-order valence-corrected chi connectivity index (χ2v) is 9.47. The van der Waals surface area contributed by atoms with E-state index in [0.717, 1.165) is 21.9 Å². The molecule has 0 aliphatic heterocycles. The van der Waals surface area contributed by atoms with Gasteiger partial charge in [-0.3, -0.25) is 10.2 Å². The predicted octanol–water partition coefficient (Wildman–Crippen LogP) is 5.15. The van der Waals surface area contributed by atoms with Gasteiger partial charge in [-0.05, 0) is 80.6 Å². The quantitative estimate of drug-likeness (QED) is 0.270. The van der Waals surface area contributed by atoms with E-state index in [0.29, 0.717) is 31.7 Å². The van der Waals surface area contributed by atoms with Gasteiger partial charge in [-0.1, -0.05) is 48.5 Å². The van der Waals surface area contributed by atoms with Gasteiger partial charge in [-0.15, -0.1) is 0 Å². The highest BCUT2D eigenvalue weighted by atomic mass is 16.6. The molecule has 0 atom stereocenters. The molecule has 0 fully saturated rings. The first-order valence-electron chi connectivity index (χ1n) is 13.0. The van der Waals surface area contributed by atoms with Gasteiger partial charge >= 0.3 is 12.0 Å². The van der Waals surface area contributed by atoms with Gasteiger partial charge in [-0.25, -0.2) is 14.6 Å². The van der Waals surface area contributed by atoms with Gasteiger partial charge in [0.05, 0.1) is 13.2 Å². The van der Waals surface area contributed by atoms with Crippen molar-refractivity contribution in [3.05, 3.63) is 77.9 Å². The average molecular weight is 520 g/mol. The van der Waals surface area contributed by atoms with Gasteiger partial charge in [0.1, 0.15) is 5.75 Å². The number of esters is 1. The van der Waals surface area contributed by atoms with Crippen molar-refractivity contribution in [3.63, 3.8) is 0 Å². The third-order valence-corrected chi connectivity index (χ3v) is 5.92. The van der Waals surface area contributed by atoms with Crippen LogP contribution < -0.4 is 15.5 Å². The maximum Gasteiger partial charge on any atom is 0.349 e. The Hall–Kier alpha value is -4.07. The third-order valence-electron chi connectivity index (χ3n) is 5.92. The molecular weight excluding hydrogens is 482 g/mol. The molecule has 0 aromatic heterocycles. The average Bonchev–Trinajstić information content (AvgIpc) is 2.89. The lowest BCUT2D eigenvalue weighted by molar-refractivity contribution is -0.158. The number of nitrogens with zero attached hydrogens (tertiary/aromatic N) is 1. The first kappa shape index (κ1) is 28.5. The number of ether oxygens (including phenoxy) is 2. The zero-order valence-corrected chi connectivity index (χ0v) is 22.6. The molecule has 0 unspecified atom stereocenters. The van der Waals surface area contributed by atoms with Crippen molar-refractivity contribution in [2.24, 2.45) is 0 Å². The van der Waals surface area contributed by atoms with E-state index in [-0.39, 0.29) is 24.9 Å². The Morgan fingerprint density at radius 3 is 2.26 bits per heavy atom. The van der Waals surface area contributed by atoms with Crippen molar-refractivity contribution >= 4 is 28.7 Å². The molecule has 3 aromatic rings. The Labute approximate surface area is 224 Å². The highest BCUT2D eigenvalue weighted by molar-refractivity contribution is 5.84. The molecule has 0 spiro atoms. The number of hydrazine groups is 1. The molecular formula is C30H37N3O5. The second kappa shape index (κ2) is 13.5. The summed E-state index contributed by atoms with van der Waals surface area (Å²) in [6, 6.07) is 21.1. The summed E-state index contributed by atoms with van der Waals surface area (Å²) >= 11 is 0. The minimum Gasteiger partial charge on any atom is -0.476 e. The van der Waals surface area contributed by atoms with Crippen LogP contribution in [0.15, 0.2) is 66.7 Å². The minimum atomic E-state index is -1.08. The van der Waals surface area contributed by atoms with E-state index in [1.54, 1.807) is 32.9 Å². The number of carbonyl (C=O) groups excluding carboxylic acids is 3. The molecule has 8 heteroatoms. The molecule has 3 amide bonds. The third kappa shape index (κ3) is 8.23. The lowest BCUT2D eigenvalue weighted by Crippen LogP contribution is -2.50. The molecule has 0 bridgehead atoms. The molecule has 0 heterocycles. The van der Waals surface area contributed by atoms with Gasteiger partial charge in [-0.2, -0.15) is 0 Å². The van der Waals surface area contributed by atoms with E-state index < -0.39 is 11.6 Å². The van der Waals surface area contributed by atoms with Crippen LogP contribution in [0.25, 0.3) is 10.8 Å². The van der Waals surface area contributed by atoms with Crippen LogP contribution in [0.1, 0.15) is 51.7 Å². The predicted molar refractivity (Wildman–Crippen MR) is 147 cm³/mol. The molecule has 0 aliphatic rings. The summed E-state index contributed by atoms with van der Waals surface area (Å²) in [5.41, 5.74) is 3.63. The number of rotatable bonds is 11. The van der Waals surface area contributed by atoms with Crippen molar-refractivity contribution in [1.82, 2.24) is 15.8 Å². The molecule has 3 rings (SSSR count). The highest BCUT2D eigenvalue weighted by Gasteiger charge is 2.31. The first-order chi connectivity index (χ1) is 18.2. The van der Waals surface area contributed by atoms with E-state index >= 15 is 0 Å². The van der Waals surface area contributed by atoms with Gasteiger partial charge in [0.15, 0.2) is 5.60 Å². The highest BCUT2D eigenvalue weighted by Crippen LogP contribution is 2.21. The molecule has 38 heavy (non-hydrogen) atoms. The van der Waals surface area contributed by atoms with E-state index in [9.17, 15) is 14.4 Å². The Balaban J connectivity index is 1.52. The summed E-state index contributed by atoms with van der Waals surface area (Å²) in [7, 11) is 0. The van der Waals surface area contributed by atoms with E-state index in [1.807, 2.05) is 61.5 Å². The summed E-state index contributed by atoms with van der Waals surface area (Å²) in [6.45, 7) is 7.94. The lowest BCUT2D eigenvalue weighted by atomic mass is 10.1. The number of benzene rings is 3. The van der Waals surface area contributed by atoms with Crippen LogP contribution in [0.3, 0.4) is 0 Å². The first-order valence-corrected chi connectivity index (χ1v) is 13.0. The smallest absolute Gasteiger partial charge is 0.349 e. The normalized spacial score (nSPS) is 11.1. The summed E-state index contributed by atoms with van der Waals surface area (Å²) < 4.78 is 10.8. The lowest BCUT2D eigenvalue weighted by Gasteiger charge is -2.24. The fourth-order valence-corrected chi connectivity index (χ4v) is 3.95. The second-order valence-electron chi connectivity index (χ2n) is 9.47. The number of carbonyl (C=O) groups is 3. The van der Waals surface area contributed by atoms with E-state index in [4.69, 9.17) is 9.47 Å². The molecule has 0 radical (unpaired) electrons. The summed E-state index contributed by atoms with van der Waals surface area (Å²) in [6.07, 6.45) is 1.56. The number of urea groups is 1. The van der Waals surface area contributed by atoms with Gasteiger partial charge in [0, 0.05) is 13.0 Å². The number of aryl methyl sites for hydroxylation is 1. The van der Waals surface area contributed by atoms with Crippen LogP contribution in [0.5, 0.6) is 5.75 Å². The van der Waals surface area contributed by atoms with Crippen molar-refractivity contribution in [2.75, 3.05) is 13.2 Å². The van der Waals surface area contributed by atoms with Crippen molar-refractivity contribution in [2.45, 2.75) is 59.1 Å². The van der Waals surface area contributed by atoms with Crippen LogP contribution in [0.4, 0.5) is 4.79 Å². The molecule has 3 aromatic carbocycles. The van der Waals surface area contributed by atoms with Crippen molar-refractivity contribution in [1.29, 1.82) is 0 Å². The Kier molecular flexibility index (Phi) is 10.1. The number of hydrogen-bond donors (Lipinski definition) is 2. The van der Waals surface area contributed by atoms with Gasteiger partial charge in [0.2, 0.25) is 5.91 Å². The maximum atomic E-state index is 12.7. The Morgan fingerprint density at radius 1 is 0.895 bits per heavy atom. The molecule has 0 saturated heterocycles. The molecule has 0 aliphatic carbocycles. The number of hydrogen-bond acceptors (Lipinski definition) is 5. The largest absolute Gasteiger partial charge is 0.476 e. The summed E-state index contributed by atoms with van der Waals surface area (Å²) in [5, 5.41) is 6.28. The minimum absolute atomic E-state index is 0.229. The van der Waals surface area contributed by atoms with Crippen LogP contribution in [0, 0.1) is 0 Å². The van der Waals surface area contributed by atoms with Crippen LogP contribution >= 0.6 is 0 Å². The van der Waals surface area contributed by atoms with Crippen molar-refractivity contribution in [3.8, 4) is 5.75 Å². The zero-order valence-electron chi connectivity index (χ0n) is 22.6. The number of nitrogens with one attached hydrogen (secondary N) is 2. The van der Waals surface area contributed by atoms with Crippen LogP contribution in [-0.2, 0) is 27.3 Å². The zero-order chi connectivity index (χ0) is 27.5.